The molecule has 1 aliphatic rings. The van der Waals surface area contributed by atoms with E-state index < -0.39 is 6.04 Å². The highest BCUT2D eigenvalue weighted by molar-refractivity contribution is 6.10. The van der Waals surface area contributed by atoms with Gasteiger partial charge in [-0.25, -0.2) is 0 Å². The number of hydrogen-bond donors (Lipinski definition) is 1. The van der Waals surface area contributed by atoms with Gasteiger partial charge in [0.1, 0.15) is 6.04 Å². The van der Waals surface area contributed by atoms with E-state index in [0.29, 0.717) is 16.8 Å². The van der Waals surface area contributed by atoms with Crippen LogP contribution in [-0.2, 0) is 4.79 Å². The number of nitriles is 1. The second kappa shape index (κ2) is 10.6. The molecule has 0 bridgehead atoms. The van der Waals surface area contributed by atoms with Gasteiger partial charge in [0.2, 0.25) is 5.91 Å². The molecule has 0 saturated heterocycles. The lowest BCUT2D eigenvalue weighted by Crippen LogP contribution is -2.47. The van der Waals surface area contributed by atoms with E-state index in [1.807, 2.05) is 60.7 Å². The number of rotatable bonds is 6. The van der Waals surface area contributed by atoms with E-state index in [2.05, 4.69) is 11.4 Å². The summed E-state index contributed by atoms with van der Waals surface area (Å²) in [7, 11) is 0. The molecule has 0 aromatic heterocycles. The van der Waals surface area contributed by atoms with E-state index in [1.54, 1.807) is 29.2 Å². The van der Waals surface area contributed by atoms with Crippen LogP contribution in [0.3, 0.4) is 0 Å². The van der Waals surface area contributed by atoms with Gasteiger partial charge in [-0.3, -0.25) is 14.5 Å². The Morgan fingerprint density at radius 3 is 2.06 bits per heavy atom. The van der Waals surface area contributed by atoms with Gasteiger partial charge >= 0.3 is 0 Å². The fourth-order valence-corrected chi connectivity index (χ4v) is 4.38. The molecule has 1 fully saturated rings. The molecule has 1 atom stereocenters. The SMILES string of the molecule is N#Cc1ccc(C(=O)N(c2ccccc2)C(C(=O)NC2CCCCC2)c2ccccc2)cc1. The number of nitrogens with one attached hydrogen (secondary N) is 1. The fraction of sp³-hybridized carbons (Fsp3) is 0.250. The van der Waals surface area contributed by atoms with Crippen molar-refractivity contribution in [3.63, 3.8) is 0 Å². The summed E-state index contributed by atoms with van der Waals surface area (Å²) in [5, 5.41) is 12.3. The summed E-state index contributed by atoms with van der Waals surface area (Å²) in [5.74, 6) is -0.475. The normalized spacial score (nSPS) is 14.6. The van der Waals surface area contributed by atoms with Crippen LogP contribution in [0.2, 0.25) is 0 Å². The van der Waals surface area contributed by atoms with Crippen molar-refractivity contribution < 1.29 is 9.59 Å². The van der Waals surface area contributed by atoms with Gasteiger partial charge in [0.15, 0.2) is 0 Å². The van der Waals surface area contributed by atoms with E-state index in [-0.39, 0.29) is 17.9 Å². The maximum absolute atomic E-state index is 13.8. The Bertz CT molecular complexity index is 1120. The van der Waals surface area contributed by atoms with Crippen molar-refractivity contribution in [3.8, 4) is 6.07 Å². The van der Waals surface area contributed by atoms with Gasteiger partial charge in [0.05, 0.1) is 11.6 Å². The van der Waals surface area contributed by atoms with E-state index in [0.717, 1.165) is 31.2 Å². The van der Waals surface area contributed by atoms with E-state index >= 15 is 0 Å². The zero-order valence-corrected chi connectivity index (χ0v) is 18.5. The number of hydrogen-bond acceptors (Lipinski definition) is 3. The molecule has 5 nitrogen and oxygen atoms in total. The highest BCUT2D eigenvalue weighted by Gasteiger charge is 2.34. The van der Waals surface area contributed by atoms with Crippen LogP contribution in [0.1, 0.15) is 59.6 Å². The van der Waals surface area contributed by atoms with Crippen molar-refractivity contribution >= 4 is 17.5 Å². The van der Waals surface area contributed by atoms with Crippen LogP contribution in [0.15, 0.2) is 84.9 Å². The van der Waals surface area contributed by atoms with Crippen molar-refractivity contribution in [2.75, 3.05) is 4.90 Å². The zero-order chi connectivity index (χ0) is 23.0. The summed E-state index contributed by atoms with van der Waals surface area (Å²) < 4.78 is 0. The predicted molar refractivity (Wildman–Crippen MR) is 129 cm³/mol. The van der Waals surface area contributed by atoms with Crippen molar-refractivity contribution in [1.29, 1.82) is 5.26 Å². The predicted octanol–water partition coefficient (Wildman–Crippen LogP) is 5.40. The van der Waals surface area contributed by atoms with Crippen LogP contribution >= 0.6 is 0 Å². The van der Waals surface area contributed by atoms with Crippen molar-refractivity contribution in [2.24, 2.45) is 0 Å². The van der Waals surface area contributed by atoms with Gasteiger partial charge in [-0.05, 0) is 54.8 Å². The van der Waals surface area contributed by atoms with E-state index in [4.69, 9.17) is 5.26 Å². The summed E-state index contributed by atoms with van der Waals surface area (Å²) in [6.07, 6.45) is 5.33. The molecule has 3 aromatic carbocycles. The molecule has 0 radical (unpaired) electrons. The van der Waals surface area contributed by atoms with Gasteiger partial charge in [-0.15, -0.1) is 0 Å². The number of amides is 2. The molecular formula is C28H27N3O2. The van der Waals surface area contributed by atoms with Crippen molar-refractivity contribution in [3.05, 3.63) is 102 Å². The lowest BCUT2D eigenvalue weighted by Gasteiger charge is -2.33. The molecule has 4 rings (SSSR count). The first-order chi connectivity index (χ1) is 16.2. The topological polar surface area (TPSA) is 73.2 Å². The Labute approximate surface area is 194 Å². The third-order valence-corrected chi connectivity index (χ3v) is 6.09. The second-order valence-corrected chi connectivity index (χ2v) is 8.36. The minimum absolute atomic E-state index is 0.125. The van der Waals surface area contributed by atoms with Crippen LogP contribution in [0.25, 0.3) is 0 Å². The molecule has 3 aromatic rings. The van der Waals surface area contributed by atoms with Crippen LogP contribution in [-0.4, -0.2) is 17.9 Å². The maximum atomic E-state index is 13.8. The first-order valence-corrected chi connectivity index (χ1v) is 11.4. The quantitative estimate of drug-likeness (QED) is 0.561. The average molecular weight is 438 g/mol. The highest BCUT2D eigenvalue weighted by atomic mass is 16.2. The monoisotopic (exact) mass is 437 g/mol. The third kappa shape index (κ3) is 5.30. The van der Waals surface area contributed by atoms with Crippen LogP contribution < -0.4 is 10.2 Å². The standard InChI is InChI=1S/C28H27N3O2/c29-20-21-16-18-23(19-17-21)28(33)31(25-14-8-3-9-15-25)26(22-10-4-1-5-11-22)27(32)30-24-12-6-2-7-13-24/h1,3-5,8-11,14-19,24,26H,2,6-7,12-13H2,(H,30,32). The molecule has 0 aliphatic heterocycles. The fourth-order valence-electron chi connectivity index (χ4n) is 4.38. The van der Waals surface area contributed by atoms with Gasteiger partial charge in [-0.1, -0.05) is 67.8 Å². The maximum Gasteiger partial charge on any atom is 0.259 e. The average Bonchev–Trinajstić information content (AvgIpc) is 2.88. The largest absolute Gasteiger partial charge is 0.351 e. The Morgan fingerprint density at radius 1 is 0.848 bits per heavy atom. The number of benzene rings is 3. The zero-order valence-electron chi connectivity index (χ0n) is 18.5. The summed E-state index contributed by atoms with van der Waals surface area (Å²) in [6, 6.07) is 26.6. The van der Waals surface area contributed by atoms with Gasteiger partial charge in [0.25, 0.3) is 5.91 Å². The first-order valence-electron chi connectivity index (χ1n) is 11.4. The number of para-hydroxylation sites is 1. The molecule has 33 heavy (non-hydrogen) atoms. The Morgan fingerprint density at radius 2 is 1.45 bits per heavy atom. The van der Waals surface area contributed by atoms with Gasteiger partial charge in [0, 0.05) is 17.3 Å². The molecule has 2 amide bonds. The van der Waals surface area contributed by atoms with E-state index in [9.17, 15) is 9.59 Å². The first kappa shape index (κ1) is 22.3. The molecule has 1 saturated carbocycles. The summed E-state index contributed by atoms with van der Waals surface area (Å²) >= 11 is 0. The Balaban J connectivity index is 1.76. The number of nitrogens with zero attached hydrogens (tertiary/aromatic N) is 2. The lowest BCUT2D eigenvalue weighted by molar-refractivity contribution is -0.123. The summed E-state index contributed by atoms with van der Waals surface area (Å²) in [5.41, 5.74) is 2.29. The van der Waals surface area contributed by atoms with E-state index in [1.165, 1.54) is 6.42 Å². The number of anilines is 1. The second-order valence-electron chi connectivity index (χ2n) is 8.36. The molecule has 0 spiro atoms. The highest BCUT2D eigenvalue weighted by Crippen LogP contribution is 2.30. The minimum atomic E-state index is -0.821. The third-order valence-electron chi connectivity index (χ3n) is 6.09. The number of carbonyl (C=O) groups excluding carboxylic acids is 2. The molecule has 0 heterocycles. The van der Waals surface area contributed by atoms with Gasteiger partial charge in [-0.2, -0.15) is 5.26 Å². The molecule has 1 unspecified atom stereocenters. The van der Waals surface area contributed by atoms with Crippen LogP contribution in [0, 0.1) is 11.3 Å². The molecule has 1 N–H and O–H groups in total. The molecule has 1 aliphatic carbocycles. The summed E-state index contributed by atoms with van der Waals surface area (Å²) in [4.78, 5) is 29.1. The smallest absolute Gasteiger partial charge is 0.259 e. The number of carbonyl (C=O) groups is 2. The Hall–Kier alpha value is -3.91. The molecular weight excluding hydrogens is 410 g/mol. The van der Waals surface area contributed by atoms with Crippen LogP contribution in [0.4, 0.5) is 5.69 Å². The summed E-state index contributed by atoms with van der Waals surface area (Å²) in [6.45, 7) is 0. The van der Waals surface area contributed by atoms with Crippen molar-refractivity contribution in [2.45, 2.75) is 44.2 Å². The molecule has 5 heteroatoms. The minimum Gasteiger partial charge on any atom is -0.351 e. The van der Waals surface area contributed by atoms with Gasteiger partial charge < -0.3 is 5.32 Å². The Kier molecular flexibility index (Phi) is 7.16. The van der Waals surface area contributed by atoms with Crippen LogP contribution in [0.5, 0.6) is 0 Å². The molecule has 166 valence electrons. The van der Waals surface area contributed by atoms with Crippen molar-refractivity contribution in [1.82, 2.24) is 5.32 Å². The lowest BCUT2D eigenvalue weighted by atomic mass is 9.94.